The van der Waals surface area contributed by atoms with Gasteiger partial charge in [0, 0.05) is 6.04 Å². The van der Waals surface area contributed by atoms with Gasteiger partial charge in [0.05, 0.1) is 4.88 Å². The zero-order chi connectivity index (χ0) is 24.8. The van der Waals surface area contributed by atoms with Crippen LogP contribution in [0.2, 0.25) is 0 Å². The number of carbonyl (C=O) groups is 2. The van der Waals surface area contributed by atoms with Crippen LogP contribution in [0.3, 0.4) is 0 Å². The molecule has 2 N–H and O–H groups in total. The third-order valence-corrected chi connectivity index (χ3v) is 6.80. The number of amides is 2. The van der Waals surface area contributed by atoms with Gasteiger partial charge in [0.2, 0.25) is 5.91 Å². The van der Waals surface area contributed by atoms with E-state index in [1.807, 2.05) is 18.2 Å². The van der Waals surface area contributed by atoms with Crippen LogP contribution in [0.5, 0.6) is 5.75 Å². The lowest BCUT2D eigenvalue weighted by Crippen LogP contribution is -2.44. The van der Waals surface area contributed by atoms with Gasteiger partial charge < -0.3 is 15.4 Å². The first-order valence-corrected chi connectivity index (χ1v) is 12.3. The van der Waals surface area contributed by atoms with Crippen molar-refractivity contribution in [3.05, 3.63) is 76.5 Å². The Kier molecular flexibility index (Phi) is 7.75. The van der Waals surface area contributed by atoms with Gasteiger partial charge in [0.15, 0.2) is 0 Å². The average Bonchev–Trinajstić information content (AvgIpc) is 3.33. The van der Waals surface area contributed by atoms with E-state index in [0.717, 1.165) is 25.7 Å². The second kappa shape index (κ2) is 10.9. The van der Waals surface area contributed by atoms with Gasteiger partial charge in [-0.1, -0.05) is 61.7 Å². The molecule has 0 saturated heterocycles. The van der Waals surface area contributed by atoms with Crippen LogP contribution in [-0.2, 0) is 4.79 Å². The van der Waals surface area contributed by atoms with Crippen LogP contribution in [-0.4, -0.2) is 24.2 Å². The summed E-state index contributed by atoms with van der Waals surface area (Å²) in [4.78, 5) is 26.6. The number of benzene rings is 2. The molecule has 1 fully saturated rings. The number of rotatable bonds is 7. The summed E-state index contributed by atoms with van der Waals surface area (Å²) in [6, 6.07) is 15.4. The fourth-order valence-corrected chi connectivity index (χ4v) is 4.95. The molecule has 0 bridgehead atoms. The highest BCUT2D eigenvalue weighted by Crippen LogP contribution is 2.30. The van der Waals surface area contributed by atoms with E-state index >= 15 is 0 Å². The summed E-state index contributed by atoms with van der Waals surface area (Å²) in [5, 5.41) is 7.68. The summed E-state index contributed by atoms with van der Waals surface area (Å²) >= 11 is 1.20. The van der Waals surface area contributed by atoms with Crippen LogP contribution in [0.1, 0.15) is 53.4 Å². The Morgan fingerprint density at radius 3 is 2.29 bits per heavy atom. The predicted octanol–water partition coefficient (Wildman–Crippen LogP) is 6.23. The summed E-state index contributed by atoms with van der Waals surface area (Å²) in [6.45, 7) is 0. The number of carbonyl (C=O) groups excluding carboxylic acids is 2. The molecule has 3 aromatic rings. The highest BCUT2D eigenvalue weighted by atomic mass is 32.1. The first-order valence-electron chi connectivity index (χ1n) is 11.4. The van der Waals surface area contributed by atoms with E-state index in [0.29, 0.717) is 21.6 Å². The smallest absolute Gasteiger partial charge is 0.406 e. The number of halogens is 3. The Morgan fingerprint density at radius 2 is 1.63 bits per heavy atom. The van der Waals surface area contributed by atoms with E-state index in [2.05, 4.69) is 15.4 Å². The van der Waals surface area contributed by atoms with Crippen molar-refractivity contribution < 1.29 is 27.5 Å². The number of hydrogen-bond acceptors (Lipinski definition) is 4. The van der Waals surface area contributed by atoms with Gasteiger partial charge in [-0.05, 0) is 53.1 Å². The van der Waals surface area contributed by atoms with Gasteiger partial charge in [-0.15, -0.1) is 24.5 Å². The molecule has 2 aromatic carbocycles. The maximum absolute atomic E-state index is 13.1. The average molecular weight is 503 g/mol. The van der Waals surface area contributed by atoms with Crippen molar-refractivity contribution in [3.63, 3.8) is 0 Å². The van der Waals surface area contributed by atoms with Crippen LogP contribution < -0.4 is 15.4 Å². The fraction of sp³-hybridized carbons (Fsp3) is 0.308. The predicted molar refractivity (Wildman–Crippen MR) is 128 cm³/mol. The van der Waals surface area contributed by atoms with Crippen molar-refractivity contribution >= 4 is 23.2 Å². The van der Waals surface area contributed by atoms with E-state index < -0.39 is 18.3 Å². The van der Waals surface area contributed by atoms with Crippen molar-refractivity contribution in [1.29, 1.82) is 0 Å². The normalized spacial score (nSPS) is 15.3. The molecule has 184 valence electrons. The minimum absolute atomic E-state index is 0.108. The molecule has 1 aliphatic rings. The first-order chi connectivity index (χ1) is 16.8. The summed E-state index contributed by atoms with van der Waals surface area (Å²) < 4.78 is 41.0. The second-order valence-corrected chi connectivity index (χ2v) is 9.34. The van der Waals surface area contributed by atoms with Crippen LogP contribution >= 0.6 is 11.3 Å². The molecular formula is C26H25F3N2O3S. The van der Waals surface area contributed by atoms with Crippen LogP contribution in [0.25, 0.3) is 11.1 Å². The molecule has 1 aromatic heterocycles. The Bertz CT molecular complexity index is 1140. The Balaban J connectivity index is 1.47. The topological polar surface area (TPSA) is 67.4 Å². The van der Waals surface area contributed by atoms with E-state index in [1.165, 1.54) is 42.0 Å². The molecule has 1 atom stereocenters. The van der Waals surface area contributed by atoms with Crippen molar-refractivity contribution in [2.75, 3.05) is 0 Å². The second-order valence-electron chi connectivity index (χ2n) is 8.43. The molecule has 0 radical (unpaired) electrons. The molecule has 0 aliphatic heterocycles. The van der Waals surface area contributed by atoms with E-state index in [9.17, 15) is 22.8 Å². The number of ether oxygens (including phenoxy) is 1. The van der Waals surface area contributed by atoms with E-state index in [4.69, 9.17) is 0 Å². The van der Waals surface area contributed by atoms with Crippen molar-refractivity contribution in [2.45, 2.75) is 50.6 Å². The highest BCUT2D eigenvalue weighted by Gasteiger charge is 2.31. The lowest BCUT2D eigenvalue weighted by atomic mass is 9.95. The third kappa shape index (κ3) is 6.85. The zero-order valence-electron chi connectivity index (χ0n) is 18.8. The fourth-order valence-electron chi connectivity index (χ4n) is 4.14. The van der Waals surface area contributed by atoms with E-state index in [-0.39, 0.29) is 17.7 Å². The number of hydrogen-bond donors (Lipinski definition) is 2. The quantitative estimate of drug-likeness (QED) is 0.402. The summed E-state index contributed by atoms with van der Waals surface area (Å²) in [7, 11) is 0. The number of alkyl halides is 3. The molecule has 2 amide bonds. The largest absolute Gasteiger partial charge is 0.573 e. The van der Waals surface area contributed by atoms with Gasteiger partial charge in [-0.25, -0.2) is 0 Å². The van der Waals surface area contributed by atoms with Crippen molar-refractivity contribution in [3.8, 4) is 16.9 Å². The molecule has 35 heavy (non-hydrogen) atoms. The maximum atomic E-state index is 13.1. The molecule has 0 spiro atoms. The molecule has 4 rings (SSSR count). The summed E-state index contributed by atoms with van der Waals surface area (Å²) in [5.41, 5.74) is 2.01. The molecule has 1 heterocycles. The van der Waals surface area contributed by atoms with Gasteiger partial charge in [0.25, 0.3) is 5.91 Å². The van der Waals surface area contributed by atoms with Gasteiger partial charge in [-0.2, -0.15) is 0 Å². The standard InChI is InChI=1S/C26H25F3N2O3S/c27-26(28,29)34-21-13-11-17(12-14-21)19-15-22(35-16-19)24(32)31-23(18-7-3-1-4-8-18)25(33)30-20-9-5-2-6-10-20/h1,3-4,7-8,11-16,20,23H,2,5-6,9-10H2,(H,30,33)(H,31,32). The summed E-state index contributed by atoms with van der Waals surface area (Å²) in [5.74, 6) is -0.955. The summed E-state index contributed by atoms with van der Waals surface area (Å²) in [6.07, 6.45) is 0.436. The van der Waals surface area contributed by atoms with Gasteiger partial charge >= 0.3 is 6.36 Å². The maximum Gasteiger partial charge on any atom is 0.573 e. The molecule has 9 heteroatoms. The number of thiophene rings is 1. The molecular weight excluding hydrogens is 477 g/mol. The Labute approximate surface area is 205 Å². The molecule has 1 aliphatic carbocycles. The monoisotopic (exact) mass is 502 g/mol. The van der Waals surface area contributed by atoms with Gasteiger partial charge in [0.1, 0.15) is 11.8 Å². The Hall–Kier alpha value is -3.33. The lowest BCUT2D eigenvalue weighted by Gasteiger charge is -2.26. The minimum atomic E-state index is -4.76. The number of nitrogens with one attached hydrogen (secondary N) is 2. The lowest BCUT2D eigenvalue weighted by molar-refractivity contribution is -0.274. The van der Waals surface area contributed by atoms with Crippen molar-refractivity contribution in [2.24, 2.45) is 0 Å². The van der Waals surface area contributed by atoms with E-state index in [1.54, 1.807) is 23.6 Å². The van der Waals surface area contributed by atoms with Crippen LogP contribution in [0, 0.1) is 0 Å². The third-order valence-electron chi connectivity index (χ3n) is 5.87. The molecule has 5 nitrogen and oxygen atoms in total. The molecule has 1 unspecified atom stereocenters. The van der Waals surface area contributed by atoms with Crippen LogP contribution in [0.4, 0.5) is 13.2 Å². The highest BCUT2D eigenvalue weighted by molar-refractivity contribution is 7.12. The van der Waals surface area contributed by atoms with Crippen LogP contribution in [0.15, 0.2) is 66.0 Å². The van der Waals surface area contributed by atoms with Gasteiger partial charge in [-0.3, -0.25) is 9.59 Å². The van der Waals surface area contributed by atoms with Crippen molar-refractivity contribution in [1.82, 2.24) is 10.6 Å². The SMILES string of the molecule is O=C(NC(C(=O)NC1CCCCC1)c1ccccc1)c1cc(-c2ccc(OC(F)(F)F)cc2)cs1. The first kappa shape index (κ1) is 24.8. The minimum Gasteiger partial charge on any atom is -0.406 e. The zero-order valence-corrected chi connectivity index (χ0v) is 19.6. The molecule has 1 saturated carbocycles. The Morgan fingerprint density at radius 1 is 0.943 bits per heavy atom.